The van der Waals surface area contributed by atoms with E-state index < -0.39 is 11.9 Å². The molecule has 120 valence electrons. The molecule has 0 saturated heterocycles. The van der Waals surface area contributed by atoms with Crippen LogP contribution in [0.2, 0.25) is 0 Å². The number of nitrogens with one attached hydrogen (secondary N) is 1. The van der Waals surface area contributed by atoms with Gasteiger partial charge in [0.05, 0.1) is 12.2 Å². The third-order valence-corrected chi connectivity index (χ3v) is 3.93. The molecule has 1 fully saturated rings. The van der Waals surface area contributed by atoms with Gasteiger partial charge in [-0.1, -0.05) is 33.1 Å². The standard InChI is InChI=1S/C15H24F3N3/c1-11(2)8-19-9-12-10-20-21(14(12)15(16,17)18)13-6-4-3-5-7-13/h10-11,13,19H,3-9H2,1-2H3. The van der Waals surface area contributed by atoms with Crippen LogP contribution in [0.1, 0.15) is 63.3 Å². The molecule has 6 heteroatoms. The number of rotatable bonds is 5. The topological polar surface area (TPSA) is 29.9 Å². The van der Waals surface area contributed by atoms with E-state index in [2.05, 4.69) is 10.4 Å². The Bertz CT molecular complexity index is 446. The summed E-state index contributed by atoms with van der Waals surface area (Å²) < 4.78 is 41.4. The fourth-order valence-corrected chi connectivity index (χ4v) is 2.94. The molecule has 0 atom stereocenters. The predicted octanol–water partition coefficient (Wildman–Crippen LogP) is 4.15. The molecular weight excluding hydrogens is 279 g/mol. The van der Waals surface area contributed by atoms with Crippen LogP contribution in [0.3, 0.4) is 0 Å². The van der Waals surface area contributed by atoms with Gasteiger partial charge in [0.15, 0.2) is 0 Å². The van der Waals surface area contributed by atoms with Crippen molar-refractivity contribution in [3.8, 4) is 0 Å². The molecule has 0 aliphatic heterocycles. The first-order chi connectivity index (χ1) is 9.89. The monoisotopic (exact) mass is 303 g/mol. The zero-order valence-corrected chi connectivity index (χ0v) is 12.7. The van der Waals surface area contributed by atoms with Crippen molar-refractivity contribution in [3.05, 3.63) is 17.5 Å². The van der Waals surface area contributed by atoms with Crippen LogP contribution < -0.4 is 5.32 Å². The van der Waals surface area contributed by atoms with Gasteiger partial charge in [-0.2, -0.15) is 18.3 Å². The van der Waals surface area contributed by atoms with Crippen molar-refractivity contribution in [3.63, 3.8) is 0 Å². The van der Waals surface area contributed by atoms with Gasteiger partial charge in [0.1, 0.15) is 5.69 Å². The summed E-state index contributed by atoms with van der Waals surface area (Å²) in [6, 6.07) is -0.103. The van der Waals surface area contributed by atoms with Crippen LogP contribution in [-0.2, 0) is 12.7 Å². The fourth-order valence-electron chi connectivity index (χ4n) is 2.94. The van der Waals surface area contributed by atoms with E-state index in [0.29, 0.717) is 12.5 Å². The Morgan fingerprint density at radius 3 is 2.52 bits per heavy atom. The van der Waals surface area contributed by atoms with Crippen molar-refractivity contribution in [1.82, 2.24) is 15.1 Å². The molecule has 0 unspecified atom stereocenters. The van der Waals surface area contributed by atoms with Gasteiger partial charge in [-0.05, 0) is 25.3 Å². The third kappa shape index (κ3) is 4.22. The molecule has 0 amide bonds. The van der Waals surface area contributed by atoms with Crippen LogP contribution in [-0.4, -0.2) is 16.3 Å². The number of nitrogens with zero attached hydrogens (tertiary/aromatic N) is 2. The van der Waals surface area contributed by atoms with Gasteiger partial charge in [-0.25, -0.2) is 0 Å². The number of hydrogen-bond acceptors (Lipinski definition) is 2. The molecule has 0 bridgehead atoms. The van der Waals surface area contributed by atoms with Gasteiger partial charge in [-0.15, -0.1) is 0 Å². The van der Waals surface area contributed by atoms with Gasteiger partial charge >= 0.3 is 6.18 Å². The first-order valence-electron chi connectivity index (χ1n) is 7.74. The maximum atomic E-state index is 13.4. The van der Waals surface area contributed by atoms with E-state index >= 15 is 0 Å². The number of hydrogen-bond donors (Lipinski definition) is 1. The Morgan fingerprint density at radius 2 is 1.95 bits per heavy atom. The largest absolute Gasteiger partial charge is 0.433 e. The van der Waals surface area contributed by atoms with Crippen molar-refractivity contribution in [2.45, 2.75) is 64.7 Å². The second-order valence-electron chi connectivity index (χ2n) is 6.28. The molecule has 0 radical (unpaired) electrons. The van der Waals surface area contributed by atoms with Gasteiger partial charge in [0.2, 0.25) is 0 Å². The van der Waals surface area contributed by atoms with E-state index in [1.54, 1.807) is 0 Å². The second-order valence-corrected chi connectivity index (χ2v) is 6.28. The molecule has 1 aromatic heterocycles. The molecule has 1 aromatic rings. The lowest BCUT2D eigenvalue weighted by Crippen LogP contribution is -2.25. The average molecular weight is 303 g/mol. The zero-order valence-electron chi connectivity index (χ0n) is 12.7. The van der Waals surface area contributed by atoms with Crippen molar-refractivity contribution < 1.29 is 13.2 Å². The molecular formula is C15H24F3N3. The minimum absolute atomic E-state index is 0.103. The third-order valence-electron chi connectivity index (χ3n) is 3.93. The zero-order chi connectivity index (χ0) is 15.5. The minimum Gasteiger partial charge on any atom is -0.312 e. The molecule has 2 rings (SSSR count). The van der Waals surface area contributed by atoms with E-state index in [0.717, 1.165) is 32.1 Å². The van der Waals surface area contributed by atoms with Crippen LogP contribution in [0.4, 0.5) is 13.2 Å². The first kappa shape index (κ1) is 16.3. The highest BCUT2D eigenvalue weighted by Gasteiger charge is 2.39. The summed E-state index contributed by atoms with van der Waals surface area (Å²) in [5.74, 6) is 0.410. The summed E-state index contributed by atoms with van der Waals surface area (Å²) in [7, 11) is 0. The number of halogens is 3. The fraction of sp³-hybridized carbons (Fsp3) is 0.800. The molecule has 1 aliphatic carbocycles. The summed E-state index contributed by atoms with van der Waals surface area (Å²) in [6.07, 6.45) is 1.72. The van der Waals surface area contributed by atoms with Crippen LogP contribution >= 0.6 is 0 Å². The van der Waals surface area contributed by atoms with Gasteiger partial charge in [-0.3, -0.25) is 4.68 Å². The minimum atomic E-state index is -4.34. The van der Waals surface area contributed by atoms with Crippen LogP contribution in [0, 0.1) is 5.92 Å². The Hall–Kier alpha value is -1.04. The highest BCUT2D eigenvalue weighted by Crippen LogP contribution is 2.37. The second kappa shape index (κ2) is 6.81. The van der Waals surface area contributed by atoms with Gasteiger partial charge in [0, 0.05) is 12.1 Å². The van der Waals surface area contributed by atoms with E-state index in [4.69, 9.17) is 0 Å². The van der Waals surface area contributed by atoms with E-state index in [1.165, 1.54) is 10.9 Å². The van der Waals surface area contributed by atoms with Crippen molar-refractivity contribution in [1.29, 1.82) is 0 Å². The lowest BCUT2D eigenvalue weighted by Gasteiger charge is -2.25. The predicted molar refractivity (Wildman–Crippen MR) is 75.9 cm³/mol. The molecule has 0 aromatic carbocycles. The normalized spacial score (nSPS) is 17.6. The Labute approximate surface area is 123 Å². The number of alkyl halides is 3. The van der Waals surface area contributed by atoms with Crippen molar-refractivity contribution >= 4 is 0 Å². The van der Waals surface area contributed by atoms with Crippen LogP contribution in [0.25, 0.3) is 0 Å². The molecule has 21 heavy (non-hydrogen) atoms. The Kier molecular flexibility index (Phi) is 5.30. The van der Waals surface area contributed by atoms with E-state index in [9.17, 15) is 13.2 Å². The maximum Gasteiger partial charge on any atom is 0.433 e. The van der Waals surface area contributed by atoms with Crippen LogP contribution in [0.5, 0.6) is 0 Å². The summed E-state index contributed by atoms with van der Waals surface area (Å²) >= 11 is 0. The SMILES string of the molecule is CC(C)CNCc1cnn(C2CCCCC2)c1C(F)(F)F. The molecule has 3 nitrogen and oxygen atoms in total. The van der Waals surface area contributed by atoms with Crippen LogP contribution in [0.15, 0.2) is 6.20 Å². The Morgan fingerprint density at radius 1 is 1.29 bits per heavy atom. The number of aromatic nitrogens is 2. The van der Waals surface area contributed by atoms with Gasteiger partial charge < -0.3 is 5.32 Å². The molecule has 1 aliphatic rings. The quantitative estimate of drug-likeness (QED) is 0.885. The Balaban J connectivity index is 2.19. The van der Waals surface area contributed by atoms with Gasteiger partial charge in [0.25, 0.3) is 0 Å². The van der Waals surface area contributed by atoms with Crippen molar-refractivity contribution in [2.75, 3.05) is 6.54 Å². The highest BCUT2D eigenvalue weighted by molar-refractivity contribution is 5.21. The molecule has 1 heterocycles. The first-order valence-corrected chi connectivity index (χ1v) is 7.74. The lowest BCUT2D eigenvalue weighted by molar-refractivity contribution is -0.145. The maximum absolute atomic E-state index is 13.4. The summed E-state index contributed by atoms with van der Waals surface area (Å²) in [5.41, 5.74) is -0.306. The smallest absolute Gasteiger partial charge is 0.312 e. The summed E-state index contributed by atoms with van der Waals surface area (Å²) in [6.45, 7) is 4.98. The highest BCUT2D eigenvalue weighted by atomic mass is 19.4. The molecule has 0 spiro atoms. The lowest BCUT2D eigenvalue weighted by atomic mass is 9.95. The van der Waals surface area contributed by atoms with E-state index in [1.807, 2.05) is 13.8 Å². The molecule has 1 saturated carbocycles. The summed E-state index contributed by atoms with van der Waals surface area (Å²) in [4.78, 5) is 0. The average Bonchev–Trinajstić information content (AvgIpc) is 2.83. The molecule has 1 N–H and O–H groups in total. The summed E-state index contributed by atoms with van der Waals surface area (Å²) in [5, 5.41) is 7.14. The van der Waals surface area contributed by atoms with E-state index in [-0.39, 0.29) is 18.2 Å². The van der Waals surface area contributed by atoms with Crippen molar-refractivity contribution in [2.24, 2.45) is 5.92 Å².